The van der Waals surface area contributed by atoms with E-state index in [0.29, 0.717) is 13.0 Å². The van der Waals surface area contributed by atoms with Crippen LogP contribution in [0.3, 0.4) is 0 Å². The van der Waals surface area contributed by atoms with Crippen LogP contribution < -0.4 is 10.1 Å². The lowest BCUT2D eigenvalue weighted by molar-refractivity contribution is -0.122. The summed E-state index contributed by atoms with van der Waals surface area (Å²) in [6.45, 7) is 4.40. The molecule has 2 rings (SSSR count). The molecule has 0 spiro atoms. The van der Waals surface area contributed by atoms with E-state index in [-0.39, 0.29) is 11.9 Å². The summed E-state index contributed by atoms with van der Waals surface area (Å²) in [5.74, 6) is 0.794. The van der Waals surface area contributed by atoms with Crippen molar-refractivity contribution in [2.75, 3.05) is 6.61 Å². The van der Waals surface area contributed by atoms with Gasteiger partial charge in [0.05, 0.1) is 19.1 Å². The summed E-state index contributed by atoms with van der Waals surface area (Å²) in [6.07, 6.45) is 0.352. The van der Waals surface area contributed by atoms with Crippen LogP contribution in [0.5, 0.6) is 5.75 Å². The van der Waals surface area contributed by atoms with E-state index in [0.717, 1.165) is 11.3 Å². The highest BCUT2D eigenvalue weighted by molar-refractivity contribution is 5.76. The standard InChI is InChI=1S/C18H21NO2/c1-14-8-10-17(11-9-14)21-13-12-18(20)19-15(2)16-6-4-3-5-7-16/h3-11,15H,12-13H2,1-2H3,(H,19,20). The van der Waals surface area contributed by atoms with E-state index >= 15 is 0 Å². The summed E-state index contributed by atoms with van der Waals surface area (Å²) in [5, 5.41) is 2.97. The quantitative estimate of drug-likeness (QED) is 0.879. The maximum Gasteiger partial charge on any atom is 0.223 e. The first-order valence-electron chi connectivity index (χ1n) is 7.19. The van der Waals surface area contributed by atoms with Crippen molar-refractivity contribution in [1.82, 2.24) is 5.32 Å². The Bertz CT molecular complexity index is 564. The molecule has 3 heteroatoms. The van der Waals surface area contributed by atoms with Gasteiger partial charge < -0.3 is 10.1 Å². The lowest BCUT2D eigenvalue weighted by Crippen LogP contribution is -2.27. The van der Waals surface area contributed by atoms with Crippen molar-refractivity contribution >= 4 is 5.91 Å². The van der Waals surface area contributed by atoms with Crippen LogP contribution in [0, 0.1) is 6.92 Å². The normalized spacial score (nSPS) is 11.7. The molecule has 1 amide bonds. The van der Waals surface area contributed by atoms with Crippen LogP contribution in [0.15, 0.2) is 54.6 Å². The summed E-state index contributed by atoms with van der Waals surface area (Å²) >= 11 is 0. The largest absolute Gasteiger partial charge is 0.493 e. The molecule has 0 saturated heterocycles. The fourth-order valence-electron chi connectivity index (χ4n) is 2.03. The number of ether oxygens (including phenoxy) is 1. The third-order valence-electron chi connectivity index (χ3n) is 3.30. The zero-order valence-corrected chi connectivity index (χ0v) is 12.5. The molecule has 1 N–H and O–H groups in total. The number of benzene rings is 2. The maximum absolute atomic E-state index is 11.9. The number of hydrogen-bond donors (Lipinski definition) is 1. The number of amides is 1. The molecule has 0 aliphatic carbocycles. The molecule has 0 bridgehead atoms. The number of rotatable bonds is 6. The van der Waals surface area contributed by atoms with E-state index in [2.05, 4.69) is 5.32 Å². The summed E-state index contributed by atoms with van der Waals surface area (Å²) in [4.78, 5) is 11.9. The number of aryl methyl sites for hydroxylation is 1. The van der Waals surface area contributed by atoms with Crippen molar-refractivity contribution in [3.8, 4) is 5.75 Å². The monoisotopic (exact) mass is 283 g/mol. The topological polar surface area (TPSA) is 38.3 Å². The third-order valence-corrected chi connectivity index (χ3v) is 3.30. The number of hydrogen-bond acceptors (Lipinski definition) is 2. The van der Waals surface area contributed by atoms with Crippen LogP contribution in [0.1, 0.15) is 30.5 Å². The molecule has 0 aromatic heterocycles. The van der Waals surface area contributed by atoms with Gasteiger partial charge in [-0.1, -0.05) is 48.0 Å². The van der Waals surface area contributed by atoms with Gasteiger partial charge in [0.25, 0.3) is 0 Å². The van der Waals surface area contributed by atoms with Crippen LogP contribution in [0.4, 0.5) is 0 Å². The predicted molar refractivity (Wildman–Crippen MR) is 84.3 cm³/mol. The smallest absolute Gasteiger partial charge is 0.223 e. The average molecular weight is 283 g/mol. The first kappa shape index (κ1) is 15.1. The molecule has 0 aliphatic heterocycles. The Balaban J connectivity index is 1.73. The summed E-state index contributed by atoms with van der Waals surface area (Å²) in [6, 6.07) is 17.8. The van der Waals surface area contributed by atoms with E-state index in [1.807, 2.05) is 68.4 Å². The van der Waals surface area contributed by atoms with Gasteiger partial charge in [-0.3, -0.25) is 4.79 Å². The molecule has 0 fully saturated rings. The van der Waals surface area contributed by atoms with Crippen LogP contribution in [-0.4, -0.2) is 12.5 Å². The van der Waals surface area contributed by atoms with Gasteiger partial charge in [-0.2, -0.15) is 0 Å². The summed E-state index contributed by atoms with van der Waals surface area (Å²) < 4.78 is 5.56. The molecule has 1 unspecified atom stereocenters. The van der Waals surface area contributed by atoms with Crippen molar-refractivity contribution in [3.63, 3.8) is 0 Å². The van der Waals surface area contributed by atoms with Crippen molar-refractivity contribution in [1.29, 1.82) is 0 Å². The molecule has 0 radical (unpaired) electrons. The lowest BCUT2D eigenvalue weighted by atomic mass is 10.1. The van der Waals surface area contributed by atoms with Crippen LogP contribution >= 0.6 is 0 Å². The van der Waals surface area contributed by atoms with Gasteiger partial charge in [0.1, 0.15) is 5.75 Å². The first-order chi connectivity index (χ1) is 10.1. The van der Waals surface area contributed by atoms with Crippen molar-refractivity contribution in [2.24, 2.45) is 0 Å². The number of nitrogens with one attached hydrogen (secondary N) is 1. The number of carbonyl (C=O) groups excluding carboxylic acids is 1. The second-order valence-corrected chi connectivity index (χ2v) is 5.11. The second-order valence-electron chi connectivity index (χ2n) is 5.11. The van der Waals surface area contributed by atoms with E-state index in [4.69, 9.17) is 4.74 Å². The first-order valence-corrected chi connectivity index (χ1v) is 7.19. The SMILES string of the molecule is Cc1ccc(OCCC(=O)NC(C)c2ccccc2)cc1. The highest BCUT2D eigenvalue weighted by atomic mass is 16.5. The predicted octanol–water partition coefficient (Wildman–Crippen LogP) is 3.64. The highest BCUT2D eigenvalue weighted by Gasteiger charge is 2.09. The Labute approximate surface area is 126 Å². The minimum atomic E-state index is -0.00142. The van der Waals surface area contributed by atoms with E-state index in [1.165, 1.54) is 5.56 Å². The maximum atomic E-state index is 11.9. The Hall–Kier alpha value is -2.29. The highest BCUT2D eigenvalue weighted by Crippen LogP contribution is 2.13. The van der Waals surface area contributed by atoms with Gasteiger partial charge in [-0.25, -0.2) is 0 Å². The van der Waals surface area contributed by atoms with Gasteiger partial charge in [0, 0.05) is 0 Å². The molecule has 2 aromatic rings. The van der Waals surface area contributed by atoms with Crippen LogP contribution in [-0.2, 0) is 4.79 Å². The van der Waals surface area contributed by atoms with Crippen molar-refractivity contribution < 1.29 is 9.53 Å². The van der Waals surface area contributed by atoms with E-state index in [1.54, 1.807) is 0 Å². The Morgan fingerprint density at radius 1 is 1.10 bits per heavy atom. The van der Waals surface area contributed by atoms with Crippen LogP contribution in [0.25, 0.3) is 0 Å². The Kier molecular flexibility index (Phi) is 5.38. The molecule has 0 heterocycles. The Morgan fingerprint density at radius 3 is 2.43 bits per heavy atom. The molecule has 3 nitrogen and oxygen atoms in total. The van der Waals surface area contributed by atoms with Gasteiger partial charge in [-0.15, -0.1) is 0 Å². The van der Waals surface area contributed by atoms with E-state index in [9.17, 15) is 4.79 Å². The zero-order chi connectivity index (χ0) is 15.1. The van der Waals surface area contributed by atoms with Crippen molar-refractivity contribution in [3.05, 3.63) is 65.7 Å². The molecule has 0 saturated carbocycles. The minimum Gasteiger partial charge on any atom is -0.493 e. The van der Waals surface area contributed by atoms with Crippen molar-refractivity contribution in [2.45, 2.75) is 26.3 Å². The van der Waals surface area contributed by atoms with Gasteiger partial charge >= 0.3 is 0 Å². The molecule has 21 heavy (non-hydrogen) atoms. The van der Waals surface area contributed by atoms with Gasteiger partial charge in [0.15, 0.2) is 0 Å². The van der Waals surface area contributed by atoms with Gasteiger partial charge in [0.2, 0.25) is 5.91 Å². The fraction of sp³-hybridized carbons (Fsp3) is 0.278. The van der Waals surface area contributed by atoms with E-state index < -0.39 is 0 Å². The van der Waals surface area contributed by atoms with Gasteiger partial charge in [-0.05, 0) is 31.5 Å². The zero-order valence-electron chi connectivity index (χ0n) is 12.5. The molecule has 1 atom stereocenters. The second kappa shape index (κ2) is 7.48. The third kappa shape index (κ3) is 4.95. The molecule has 110 valence electrons. The average Bonchev–Trinajstić information content (AvgIpc) is 2.50. The molecular weight excluding hydrogens is 262 g/mol. The summed E-state index contributed by atoms with van der Waals surface area (Å²) in [5.41, 5.74) is 2.29. The molecule has 2 aromatic carbocycles. The molecular formula is C18H21NO2. The van der Waals surface area contributed by atoms with Crippen LogP contribution in [0.2, 0.25) is 0 Å². The lowest BCUT2D eigenvalue weighted by Gasteiger charge is -2.14. The summed E-state index contributed by atoms with van der Waals surface area (Å²) in [7, 11) is 0. The minimum absolute atomic E-state index is 0.00142. The Morgan fingerprint density at radius 2 is 1.76 bits per heavy atom. The molecule has 0 aliphatic rings. The fourth-order valence-corrected chi connectivity index (χ4v) is 2.03. The number of carbonyl (C=O) groups is 1.